The molecular weight excluding hydrogens is 320 g/mol. The molecule has 1 aliphatic rings. The number of anilines is 1. The van der Waals surface area contributed by atoms with Gasteiger partial charge in [0, 0.05) is 30.7 Å². The Morgan fingerprint density at radius 1 is 1.65 bits per heavy atom. The largest absolute Gasteiger partial charge is 0.356 e. The van der Waals surface area contributed by atoms with Crippen molar-refractivity contribution in [2.45, 2.75) is 13.0 Å². The molecule has 2 N–H and O–H groups in total. The molecule has 20 heavy (non-hydrogen) atoms. The number of likely N-dealkylation sites (N-methyl/N-ethyl adjacent to an activating group) is 1. The van der Waals surface area contributed by atoms with Gasteiger partial charge in [0.25, 0.3) is 0 Å². The summed E-state index contributed by atoms with van der Waals surface area (Å²) in [7, 11) is 0. The average Bonchev–Trinajstić information content (AvgIpc) is 2.47. The Kier molecular flexibility index (Phi) is 4.99. The van der Waals surface area contributed by atoms with E-state index < -0.39 is 0 Å². The van der Waals surface area contributed by atoms with Gasteiger partial charge < -0.3 is 15.5 Å². The molecule has 1 heterocycles. The zero-order valence-corrected chi connectivity index (χ0v) is 12.9. The molecule has 5 nitrogen and oxygen atoms in total. The van der Waals surface area contributed by atoms with Gasteiger partial charge in [-0.25, -0.2) is 0 Å². The lowest BCUT2D eigenvalue weighted by molar-refractivity contribution is -0.122. The van der Waals surface area contributed by atoms with Crippen molar-refractivity contribution in [3.63, 3.8) is 0 Å². The molecule has 1 amide bonds. The smallest absolute Gasteiger partial charge is 0.244 e. The van der Waals surface area contributed by atoms with Gasteiger partial charge in [-0.15, -0.1) is 0 Å². The summed E-state index contributed by atoms with van der Waals surface area (Å²) in [6.45, 7) is 4.59. The molecule has 1 aromatic carbocycles. The van der Waals surface area contributed by atoms with Gasteiger partial charge in [0.05, 0.1) is 11.3 Å². The number of halogens is 1. The molecule has 0 aromatic heterocycles. The molecule has 0 bridgehead atoms. The molecule has 2 rings (SSSR count). The molecule has 0 radical (unpaired) electrons. The maximum Gasteiger partial charge on any atom is 0.244 e. The summed E-state index contributed by atoms with van der Waals surface area (Å²) in [5.41, 5.74) is 1.38. The van der Waals surface area contributed by atoms with Gasteiger partial charge in [0.2, 0.25) is 5.91 Å². The molecular formula is C14H17BrN4O. The summed E-state index contributed by atoms with van der Waals surface area (Å²) in [6, 6.07) is 7.54. The molecule has 0 aliphatic carbocycles. The molecule has 1 aromatic rings. The minimum absolute atomic E-state index is 0.0106. The number of carbonyl (C=O) groups excluding carboxylic acids is 1. The van der Waals surface area contributed by atoms with Crippen molar-refractivity contribution in [2.24, 2.45) is 0 Å². The van der Waals surface area contributed by atoms with Crippen LogP contribution in [0.15, 0.2) is 22.7 Å². The first kappa shape index (κ1) is 14.8. The minimum atomic E-state index is -0.287. The number of hydrogen-bond donors (Lipinski definition) is 2. The standard InChI is InChI=1S/C14H17BrN4O/c1-2-18-14(20)13-9-17-6-7-19(13)12-5-3-4-11(15)10(12)8-16/h3-5,13,17H,2,6-7,9H2,1H3,(H,18,20). The molecule has 6 heteroatoms. The SMILES string of the molecule is CCNC(=O)C1CNCCN1c1cccc(Br)c1C#N. The van der Waals surface area contributed by atoms with Crippen LogP contribution in [0, 0.1) is 11.3 Å². The van der Waals surface area contributed by atoms with Crippen molar-refractivity contribution in [1.29, 1.82) is 5.26 Å². The summed E-state index contributed by atoms with van der Waals surface area (Å²) < 4.78 is 0.755. The van der Waals surface area contributed by atoms with Crippen LogP contribution in [-0.2, 0) is 4.79 Å². The minimum Gasteiger partial charge on any atom is -0.356 e. The van der Waals surface area contributed by atoms with Crippen LogP contribution in [-0.4, -0.2) is 38.1 Å². The zero-order valence-electron chi connectivity index (χ0n) is 11.3. The first-order valence-corrected chi connectivity index (χ1v) is 7.42. The van der Waals surface area contributed by atoms with Crippen LogP contribution < -0.4 is 15.5 Å². The van der Waals surface area contributed by atoms with E-state index in [9.17, 15) is 10.1 Å². The van der Waals surface area contributed by atoms with E-state index >= 15 is 0 Å². The predicted molar refractivity (Wildman–Crippen MR) is 81.5 cm³/mol. The number of piperazine rings is 1. The molecule has 1 saturated heterocycles. The molecule has 1 unspecified atom stereocenters. The van der Waals surface area contributed by atoms with Crippen LogP contribution in [0.25, 0.3) is 0 Å². The lowest BCUT2D eigenvalue weighted by Gasteiger charge is -2.37. The Balaban J connectivity index is 2.36. The van der Waals surface area contributed by atoms with Crippen molar-refractivity contribution < 1.29 is 4.79 Å². The van der Waals surface area contributed by atoms with Gasteiger partial charge in [0.1, 0.15) is 12.1 Å². The maximum atomic E-state index is 12.2. The second-order valence-electron chi connectivity index (χ2n) is 4.55. The van der Waals surface area contributed by atoms with E-state index in [1.165, 1.54) is 0 Å². The summed E-state index contributed by atoms with van der Waals surface area (Å²) in [5, 5.41) is 15.4. The molecule has 106 valence electrons. The lowest BCUT2D eigenvalue weighted by atomic mass is 10.1. The molecule has 1 atom stereocenters. The van der Waals surface area contributed by atoms with Crippen LogP contribution in [0.3, 0.4) is 0 Å². The fraction of sp³-hybridized carbons (Fsp3) is 0.429. The number of hydrogen-bond acceptors (Lipinski definition) is 4. The Morgan fingerprint density at radius 2 is 2.45 bits per heavy atom. The highest BCUT2D eigenvalue weighted by atomic mass is 79.9. The van der Waals surface area contributed by atoms with Gasteiger partial charge in [0.15, 0.2) is 0 Å². The van der Waals surface area contributed by atoms with Crippen molar-refractivity contribution in [3.05, 3.63) is 28.2 Å². The summed E-state index contributed by atoms with van der Waals surface area (Å²) >= 11 is 3.40. The predicted octanol–water partition coefficient (Wildman–Crippen LogP) is 1.24. The van der Waals surface area contributed by atoms with E-state index in [2.05, 4.69) is 32.6 Å². The van der Waals surface area contributed by atoms with E-state index in [1.807, 2.05) is 30.0 Å². The number of carbonyl (C=O) groups is 1. The number of nitriles is 1. The summed E-state index contributed by atoms with van der Waals surface area (Å²) in [6.07, 6.45) is 0. The number of benzene rings is 1. The van der Waals surface area contributed by atoms with Crippen LogP contribution >= 0.6 is 15.9 Å². The van der Waals surface area contributed by atoms with Crippen LogP contribution in [0.5, 0.6) is 0 Å². The highest BCUT2D eigenvalue weighted by Gasteiger charge is 2.30. The first-order valence-electron chi connectivity index (χ1n) is 6.62. The fourth-order valence-electron chi connectivity index (χ4n) is 2.38. The second kappa shape index (κ2) is 6.73. The summed E-state index contributed by atoms with van der Waals surface area (Å²) in [4.78, 5) is 14.2. The number of nitrogens with zero attached hydrogens (tertiary/aromatic N) is 2. The number of nitrogens with one attached hydrogen (secondary N) is 2. The van der Waals surface area contributed by atoms with Gasteiger partial charge in [-0.05, 0) is 35.0 Å². The van der Waals surface area contributed by atoms with E-state index in [0.29, 0.717) is 25.2 Å². The normalized spacial score (nSPS) is 18.4. The van der Waals surface area contributed by atoms with Crippen molar-refractivity contribution in [1.82, 2.24) is 10.6 Å². The summed E-state index contributed by atoms with van der Waals surface area (Å²) in [5.74, 6) is -0.0106. The number of amides is 1. The Bertz CT molecular complexity index is 540. The molecule has 0 spiro atoms. The Hall–Kier alpha value is -1.58. The molecule has 1 aliphatic heterocycles. The van der Waals surface area contributed by atoms with E-state index in [-0.39, 0.29) is 11.9 Å². The monoisotopic (exact) mass is 336 g/mol. The first-order chi connectivity index (χ1) is 9.69. The molecule has 1 fully saturated rings. The second-order valence-corrected chi connectivity index (χ2v) is 5.41. The van der Waals surface area contributed by atoms with E-state index in [0.717, 1.165) is 16.7 Å². The lowest BCUT2D eigenvalue weighted by Crippen LogP contribution is -2.58. The van der Waals surface area contributed by atoms with Crippen molar-refractivity contribution in [3.8, 4) is 6.07 Å². The van der Waals surface area contributed by atoms with Crippen LogP contribution in [0.4, 0.5) is 5.69 Å². The molecule has 0 saturated carbocycles. The van der Waals surface area contributed by atoms with Crippen LogP contribution in [0.1, 0.15) is 12.5 Å². The van der Waals surface area contributed by atoms with Gasteiger partial charge in [-0.2, -0.15) is 5.26 Å². The van der Waals surface area contributed by atoms with Crippen LogP contribution in [0.2, 0.25) is 0 Å². The fourth-order valence-corrected chi connectivity index (χ4v) is 2.83. The number of rotatable bonds is 3. The van der Waals surface area contributed by atoms with E-state index in [4.69, 9.17) is 0 Å². The Morgan fingerprint density at radius 3 is 3.15 bits per heavy atom. The van der Waals surface area contributed by atoms with Gasteiger partial charge >= 0.3 is 0 Å². The highest BCUT2D eigenvalue weighted by Crippen LogP contribution is 2.29. The van der Waals surface area contributed by atoms with Crippen molar-refractivity contribution in [2.75, 3.05) is 31.1 Å². The zero-order chi connectivity index (χ0) is 14.5. The third-order valence-electron chi connectivity index (χ3n) is 3.31. The van der Waals surface area contributed by atoms with Gasteiger partial charge in [-0.1, -0.05) is 6.07 Å². The highest BCUT2D eigenvalue weighted by molar-refractivity contribution is 9.10. The quantitative estimate of drug-likeness (QED) is 0.871. The third-order valence-corrected chi connectivity index (χ3v) is 3.97. The maximum absolute atomic E-state index is 12.2. The average molecular weight is 337 g/mol. The van der Waals surface area contributed by atoms with E-state index in [1.54, 1.807) is 0 Å². The van der Waals surface area contributed by atoms with Gasteiger partial charge in [-0.3, -0.25) is 4.79 Å². The topological polar surface area (TPSA) is 68.2 Å². The Labute approximate surface area is 127 Å². The third kappa shape index (κ3) is 2.94. The van der Waals surface area contributed by atoms with Crippen molar-refractivity contribution >= 4 is 27.5 Å².